The van der Waals surface area contributed by atoms with Crippen molar-refractivity contribution in [2.24, 2.45) is 0 Å². The van der Waals surface area contributed by atoms with Crippen LogP contribution in [-0.4, -0.2) is 50.7 Å². The highest BCUT2D eigenvalue weighted by atomic mass is 32.2. The van der Waals surface area contributed by atoms with Gasteiger partial charge in [0.1, 0.15) is 0 Å². The molecule has 1 saturated heterocycles. The molecule has 1 aromatic rings. The summed E-state index contributed by atoms with van der Waals surface area (Å²) in [6.07, 6.45) is 5.99. The second kappa shape index (κ2) is 8.72. The Morgan fingerprint density at radius 2 is 2.12 bits per heavy atom. The maximum atomic E-state index is 12.3. The van der Waals surface area contributed by atoms with E-state index in [1.54, 1.807) is 6.92 Å². The normalized spacial score (nSPS) is 21.7. The average molecular weight is 383 g/mol. The number of nitrogens with one attached hydrogen (secondary N) is 3. The van der Waals surface area contributed by atoms with Crippen molar-refractivity contribution in [1.29, 1.82) is 0 Å². The largest absolute Gasteiger partial charge is 0.376 e. The summed E-state index contributed by atoms with van der Waals surface area (Å²) < 4.78 is 7.05. The fourth-order valence-corrected chi connectivity index (χ4v) is 4.13. The van der Waals surface area contributed by atoms with E-state index < -0.39 is 17.2 Å². The molecule has 2 heterocycles. The molecule has 3 N–H and O–H groups in total. The fourth-order valence-electron chi connectivity index (χ4n) is 3.26. The van der Waals surface area contributed by atoms with E-state index in [2.05, 4.69) is 20.8 Å². The number of aromatic amines is 1. The molecule has 1 saturated carbocycles. The topological polar surface area (TPSA) is 118 Å². The first-order chi connectivity index (χ1) is 12.5. The highest BCUT2D eigenvalue weighted by Gasteiger charge is 2.24. The van der Waals surface area contributed by atoms with Crippen molar-refractivity contribution in [2.45, 2.75) is 74.5 Å². The lowest BCUT2D eigenvalue weighted by atomic mass is 10.2. The minimum Gasteiger partial charge on any atom is -0.376 e. The zero-order chi connectivity index (χ0) is 18.5. The molecule has 1 aliphatic carbocycles. The number of H-pyrrole nitrogens is 1. The Kier molecular flexibility index (Phi) is 6.36. The average Bonchev–Trinajstić information content (AvgIpc) is 3.34. The van der Waals surface area contributed by atoms with Gasteiger partial charge < -0.3 is 10.1 Å². The van der Waals surface area contributed by atoms with Crippen LogP contribution in [0.25, 0.3) is 0 Å². The van der Waals surface area contributed by atoms with Gasteiger partial charge in [-0.2, -0.15) is 0 Å². The SMILES string of the molecule is C[C@@H](Sc1n[nH]c(=O)n1C[C@@H]1CCCO1)C(=O)NC(=O)NC1CCCC1. The molecule has 0 bridgehead atoms. The van der Waals surface area contributed by atoms with E-state index in [-0.39, 0.29) is 17.8 Å². The van der Waals surface area contributed by atoms with Gasteiger partial charge in [0.15, 0.2) is 5.16 Å². The number of carbonyl (C=O) groups excluding carboxylic acids is 2. The molecule has 26 heavy (non-hydrogen) atoms. The van der Waals surface area contributed by atoms with E-state index in [0.717, 1.165) is 50.3 Å². The van der Waals surface area contributed by atoms with Gasteiger partial charge in [-0.1, -0.05) is 24.6 Å². The summed E-state index contributed by atoms with van der Waals surface area (Å²) in [7, 11) is 0. The Balaban J connectivity index is 1.53. The van der Waals surface area contributed by atoms with Gasteiger partial charge in [-0.3, -0.25) is 14.7 Å². The summed E-state index contributed by atoms with van der Waals surface area (Å²) in [5.74, 6) is -0.412. The number of thioether (sulfide) groups is 1. The summed E-state index contributed by atoms with van der Waals surface area (Å²) in [5, 5.41) is 11.4. The molecule has 1 aromatic heterocycles. The van der Waals surface area contributed by atoms with E-state index in [1.807, 2.05) is 0 Å². The number of aromatic nitrogens is 3. The van der Waals surface area contributed by atoms with Crippen LogP contribution in [0.5, 0.6) is 0 Å². The molecule has 2 aliphatic rings. The number of ether oxygens (including phenoxy) is 1. The van der Waals surface area contributed by atoms with Crippen LogP contribution in [0.4, 0.5) is 4.79 Å². The smallest absolute Gasteiger partial charge is 0.344 e. The molecule has 10 heteroatoms. The molecular formula is C16H25N5O4S. The second-order valence-electron chi connectivity index (χ2n) is 6.76. The van der Waals surface area contributed by atoms with Gasteiger partial charge in [0.2, 0.25) is 5.91 Å². The molecule has 2 fully saturated rings. The Morgan fingerprint density at radius 3 is 2.81 bits per heavy atom. The van der Waals surface area contributed by atoms with Crippen molar-refractivity contribution < 1.29 is 14.3 Å². The van der Waals surface area contributed by atoms with E-state index in [9.17, 15) is 14.4 Å². The molecule has 1 aliphatic heterocycles. The standard InChI is InChI=1S/C16H25N5O4S/c1-10(13(22)18-14(23)17-11-5-2-3-6-11)26-16-20-19-15(24)21(16)9-12-7-4-8-25-12/h10-12H,2-9H2,1H3,(H,19,24)(H2,17,18,22,23)/t10-,12+/m1/s1. The Bertz CT molecular complexity index is 691. The highest BCUT2D eigenvalue weighted by Crippen LogP contribution is 2.22. The lowest BCUT2D eigenvalue weighted by Gasteiger charge is -2.15. The Labute approximate surface area is 155 Å². The van der Waals surface area contributed by atoms with Crippen LogP contribution < -0.4 is 16.3 Å². The lowest BCUT2D eigenvalue weighted by molar-refractivity contribution is -0.119. The second-order valence-corrected chi connectivity index (χ2v) is 8.07. The van der Waals surface area contributed by atoms with Crippen molar-refractivity contribution >= 4 is 23.7 Å². The quantitative estimate of drug-likeness (QED) is 0.631. The third kappa shape index (κ3) is 4.88. The van der Waals surface area contributed by atoms with Crippen LogP contribution in [-0.2, 0) is 16.1 Å². The van der Waals surface area contributed by atoms with Crippen LogP contribution in [0, 0.1) is 0 Å². The van der Waals surface area contributed by atoms with Gasteiger partial charge in [0.25, 0.3) is 0 Å². The summed E-state index contributed by atoms with van der Waals surface area (Å²) in [6.45, 7) is 2.79. The number of amides is 3. The van der Waals surface area contributed by atoms with Gasteiger partial charge >= 0.3 is 11.7 Å². The fraction of sp³-hybridized carbons (Fsp3) is 0.750. The van der Waals surface area contributed by atoms with Crippen LogP contribution >= 0.6 is 11.8 Å². The van der Waals surface area contributed by atoms with E-state index in [0.29, 0.717) is 18.3 Å². The minimum atomic E-state index is -0.567. The molecule has 2 atom stereocenters. The van der Waals surface area contributed by atoms with Crippen LogP contribution in [0.15, 0.2) is 9.95 Å². The van der Waals surface area contributed by atoms with Gasteiger partial charge in [-0.05, 0) is 32.6 Å². The Hall–Kier alpha value is -1.81. The zero-order valence-corrected chi connectivity index (χ0v) is 15.6. The van der Waals surface area contributed by atoms with E-state index >= 15 is 0 Å². The molecule has 3 amide bonds. The zero-order valence-electron chi connectivity index (χ0n) is 14.8. The van der Waals surface area contributed by atoms with Crippen LogP contribution in [0.1, 0.15) is 45.4 Å². The third-order valence-corrected chi connectivity index (χ3v) is 5.80. The van der Waals surface area contributed by atoms with Gasteiger partial charge in [0, 0.05) is 12.6 Å². The predicted octanol–water partition coefficient (Wildman–Crippen LogP) is 0.999. The number of hydrogen-bond donors (Lipinski definition) is 3. The first-order valence-electron chi connectivity index (χ1n) is 9.07. The summed E-state index contributed by atoms with van der Waals surface area (Å²) >= 11 is 1.14. The number of urea groups is 1. The lowest BCUT2D eigenvalue weighted by Crippen LogP contribution is -2.46. The van der Waals surface area contributed by atoms with Gasteiger partial charge in [-0.25, -0.2) is 14.7 Å². The molecule has 0 aromatic carbocycles. The highest BCUT2D eigenvalue weighted by molar-refractivity contribution is 8.00. The number of nitrogens with zero attached hydrogens (tertiary/aromatic N) is 2. The number of rotatable bonds is 6. The minimum absolute atomic E-state index is 0.00836. The van der Waals surface area contributed by atoms with Crippen molar-refractivity contribution in [3.63, 3.8) is 0 Å². The maximum absolute atomic E-state index is 12.3. The van der Waals surface area contributed by atoms with E-state index in [4.69, 9.17) is 4.74 Å². The maximum Gasteiger partial charge on any atom is 0.344 e. The van der Waals surface area contributed by atoms with Gasteiger partial charge in [0.05, 0.1) is 17.9 Å². The Morgan fingerprint density at radius 1 is 1.35 bits per heavy atom. The summed E-state index contributed by atoms with van der Waals surface area (Å²) in [5.41, 5.74) is -0.324. The molecule has 0 spiro atoms. The molecule has 9 nitrogen and oxygen atoms in total. The molecule has 0 radical (unpaired) electrons. The van der Waals surface area contributed by atoms with E-state index in [1.165, 1.54) is 4.57 Å². The molecular weight excluding hydrogens is 358 g/mol. The first kappa shape index (κ1) is 19.0. The summed E-state index contributed by atoms with van der Waals surface area (Å²) in [4.78, 5) is 36.1. The summed E-state index contributed by atoms with van der Waals surface area (Å²) in [6, 6.07) is -0.318. The van der Waals surface area contributed by atoms with Crippen molar-refractivity contribution in [3.8, 4) is 0 Å². The number of imide groups is 1. The van der Waals surface area contributed by atoms with Crippen molar-refractivity contribution in [2.75, 3.05) is 6.61 Å². The monoisotopic (exact) mass is 383 g/mol. The predicted molar refractivity (Wildman–Crippen MR) is 96.1 cm³/mol. The van der Waals surface area contributed by atoms with Gasteiger partial charge in [-0.15, -0.1) is 5.10 Å². The van der Waals surface area contributed by atoms with Crippen LogP contribution in [0.3, 0.4) is 0 Å². The molecule has 3 rings (SSSR count). The first-order valence-corrected chi connectivity index (χ1v) is 9.95. The molecule has 0 unspecified atom stereocenters. The molecule has 144 valence electrons. The van der Waals surface area contributed by atoms with Crippen molar-refractivity contribution in [3.05, 3.63) is 10.5 Å². The number of hydrogen-bond acceptors (Lipinski definition) is 6. The third-order valence-electron chi connectivity index (χ3n) is 4.71. The van der Waals surface area contributed by atoms with Crippen molar-refractivity contribution in [1.82, 2.24) is 25.4 Å². The van der Waals surface area contributed by atoms with Crippen LogP contribution in [0.2, 0.25) is 0 Å². The number of carbonyl (C=O) groups is 2.